The molecule has 1 aliphatic heterocycles. The molecule has 0 spiro atoms. The van der Waals surface area contributed by atoms with E-state index in [9.17, 15) is 8.42 Å². The molecule has 1 saturated heterocycles. The Labute approximate surface area is 125 Å². The summed E-state index contributed by atoms with van der Waals surface area (Å²) in [4.78, 5) is 5.04. The quantitative estimate of drug-likeness (QED) is 0.773. The largest absolute Gasteiger partial charge is 0.304 e. The van der Waals surface area contributed by atoms with Crippen LogP contribution < -0.4 is 0 Å². The van der Waals surface area contributed by atoms with E-state index in [1.807, 2.05) is 19.1 Å². The fourth-order valence-electron chi connectivity index (χ4n) is 2.12. The molecule has 0 N–H and O–H groups in total. The molecule has 0 saturated carbocycles. The van der Waals surface area contributed by atoms with Crippen LogP contribution in [0.1, 0.15) is 5.56 Å². The first-order valence-corrected chi connectivity index (χ1v) is 9.83. The summed E-state index contributed by atoms with van der Waals surface area (Å²) in [5.41, 5.74) is 1.08. The molecule has 20 heavy (non-hydrogen) atoms. The van der Waals surface area contributed by atoms with Crippen LogP contribution in [0.25, 0.3) is 0 Å². The number of nitrogens with zero attached hydrogens (tertiary/aromatic N) is 2. The third-order valence-corrected chi connectivity index (χ3v) is 7.07. The van der Waals surface area contributed by atoms with Gasteiger partial charge in [0.05, 0.1) is 4.90 Å². The van der Waals surface area contributed by atoms with E-state index in [1.165, 1.54) is 0 Å². The van der Waals surface area contributed by atoms with Crippen molar-refractivity contribution in [3.63, 3.8) is 0 Å². The van der Waals surface area contributed by atoms with Gasteiger partial charge in [0.2, 0.25) is 8.87 Å². The van der Waals surface area contributed by atoms with Gasteiger partial charge in [-0.1, -0.05) is 17.7 Å². The molecule has 4 nitrogen and oxygen atoms in total. The summed E-state index contributed by atoms with van der Waals surface area (Å²) in [6, 6.07) is 7.06. The first-order chi connectivity index (χ1) is 9.47. The molecule has 0 unspecified atom stereocenters. The van der Waals surface area contributed by atoms with Crippen molar-refractivity contribution in [3.05, 3.63) is 29.8 Å². The highest BCUT2D eigenvalue weighted by molar-refractivity contribution is 8.72. The van der Waals surface area contributed by atoms with E-state index < -0.39 is 8.87 Å². The maximum absolute atomic E-state index is 12.2. The molecule has 1 heterocycles. The van der Waals surface area contributed by atoms with Crippen molar-refractivity contribution in [2.75, 3.05) is 45.5 Å². The number of benzene rings is 1. The zero-order valence-corrected chi connectivity index (χ0v) is 13.7. The van der Waals surface area contributed by atoms with Crippen LogP contribution in [0, 0.1) is 6.92 Å². The van der Waals surface area contributed by atoms with Crippen molar-refractivity contribution < 1.29 is 8.42 Å². The van der Waals surface area contributed by atoms with Gasteiger partial charge in [-0.05, 0) is 36.9 Å². The topological polar surface area (TPSA) is 40.6 Å². The van der Waals surface area contributed by atoms with Crippen LogP contribution in [0.4, 0.5) is 0 Å². The van der Waals surface area contributed by atoms with Crippen molar-refractivity contribution in [2.24, 2.45) is 0 Å². The summed E-state index contributed by atoms with van der Waals surface area (Å²) in [6.07, 6.45) is 0. The van der Waals surface area contributed by atoms with Crippen molar-refractivity contribution >= 4 is 19.7 Å². The Bertz CT molecular complexity index is 521. The third kappa shape index (κ3) is 4.48. The second kappa shape index (κ2) is 6.93. The molecule has 0 amide bonds. The predicted octanol–water partition coefficient (Wildman–Crippen LogP) is 1.66. The van der Waals surface area contributed by atoms with Gasteiger partial charge in [0.15, 0.2) is 0 Å². The highest BCUT2D eigenvalue weighted by Gasteiger charge is 2.17. The monoisotopic (exact) mass is 314 g/mol. The summed E-state index contributed by atoms with van der Waals surface area (Å²) in [7, 11) is -0.0410. The maximum atomic E-state index is 12.2. The van der Waals surface area contributed by atoms with Crippen molar-refractivity contribution in [1.29, 1.82) is 0 Å². The minimum atomic E-state index is -3.21. The fraction of sp³-hybridized carbons (Fsp3) is 0.571. The first kappa shape index (κ1) is 15.8. The van der Waals surface area contributed by atoms with Crippen molar-refractivity contribution in [3.8, 4) is 0 Å². The summed E-state index contributed by atoms with van der Waals surface area (Å²) < 4.78 is 24.3. The number of aryl methyl sites for hydroxylation is 1. The van der Waals surface area contributed by atoms with E-state index >= 15 is 0 Å². The summed E-state index contributed by atoms with van der Waals surface area (Å²) in [5, 5.41) is 0. The molecule has 1 aromatic carbocycles. The van der Waals surface area contributed by atoms with Crippen molar-refractivity contribution in [2.45, 2.75) is 11.8 Å². The lowest BCUT2D eigenvalue weighted by Crippen LogP contribution is -2.45. The van der Waals surface area contributed by atoms with Gasteiger partial charge < -0.3 is 4.90 Å². The van der Waals surface area contributed by atoms with Gasteiger partial charge in [0, 0.05) is 38.5 Å². The van der Waals surface area contributed by atoms with E-state index in [1.54, 1.807) is 12.1 Å². The van der Waals surface area contributed by atoms with Gasteiger partial charge in [-0.3, -0.25) is 4.90 Å². The number of piperazine rings is 1. The molecule has 0 bridgehead atoms. The van der Waals surface area contributed by atoms with Crippen molar-refractivity contribution in [1.82, 2.24) is 9.80 Å². The van der Waals surface area contributed by atoms with Gasteiger partial charge >= 0.3 is 0 Å². The lowest BCUT2D eigenvalue weighted by molar-refractivity contribution is 0.161. The van der Waals surface area contributed by atoms with Crippen LogP contribution in [0.3, 0.4) is 0 Å². The standard InChI is InChI=1S/C14H22N2O2S2/c1-13-3-5-14(6-4-13)20(17,18)19-12-11-16-9-7-15(2)8-10-16/h3-6H,7-12H2,1-2H3. The molecule has 1 aliphatic rings. The maximum Gasteiger partial charge on any atom is 0.230 e. The zero-order chi connectivity index (χ0) is 14.6. The van der Waals surface area contributed by atoms with Gasteiger partial charge in [-0.15, -0.1) is 0 Å². The van der Waals surface area contributed by atoms with Crippen LogP contribution in [0.5, 0.6) is 0 Å². The van der Waals surface area contributed by atoms with Gasteiger partial charge in [0.25, 0.3) is 0 Å². The average Bonchev–Trinajstić information content (AvgIpc) is 2.41. The Morgan fingerprint density at radius 2 is 1.70 bits per heavy atom. The predicted molar refractivity (Wildman–Crippen MR) is 84.8 cm³/mol. The number of hydrogen-bond donors (Lipinski definition) is 0. The Morgan fingerprint density at radius 3 is 2.30 bits per heavy atom. The first-order valence-electron chi connectivity index (χ1n) is 6.84. The molecule has 2 rings (SSSR count). The van der Waals surface area contributed by atoms with Crippen LogP contribution in [0.2, 0.25) is 0 Å². The lowest BCUT2D eigenvalue weighted by atomic mass is 10.2. The van der Waals surface area contributed by atoms with Crippen LogP contribution in [-0.4, -0.2) is 63.7 Å². The Hall–Kier alpha value is -0.560. The second-order valence-corrected chi connectivity index (χ2v) is 9.28. The SMILES string of the molecule is Cc1ccc(S(=O)(=O)SCCN2CCN(C)CC2)cc1. The van der Waals surface area contributed by atoms with Gasteiger partial charge in [-0.25, -0.2) is 8.42 Å². The van der Waals surface area contributed by atoms with E-state index in [-0.39, 0.29) is 0 Å². The van der Waals surface area contributed by atoms with Gasteiger partial charge in [-0.2, -0.15) is 0 Å². The normalized spacial score (nSPS) is 18.3. The van der Waals surface area contributed by atoms with E-state index in [0.717, 1.165) is 49.1 Å². The molecule has 1 aromatic rings. The number of hydrogen-bond acceptors (Lipinski definition) is 5. The smallest absolute Gasteiger partial charge is 0.230 e. The zero-order valence-electron chi connectivity index (χ0n) is 12.1. The van der Waals surface area contributed by atoms with Crippen LogP contribution in [0.15, 0.2) is 29.2 Å². The molecular formula is C14H22N2O2S2. The molecule has 1 fully saturated rings. The Kier molecular flexibility index (Phi) is 5.49. The summed E-state index contributed by atoms with van der Waals surface area (Å²) >= 11 is 0. The molecule has 6 heteroatoms. The summed E-state index contributed by atoms with van der Waals surface area (Å²) in [6.45, 7) is 6.98. The fourth-order valence-corrected chi connectivity index (χ4v) is 4.90. The molecule has 112 valence electrons. The van der Waals surface area contributed by atoms with Crippen LogP contribution >= 0.6 is 10.8 Å². The Morgan fingerprint density at radius 1 is 1.10 bits per heavy atom. The Balaban J connectivity index is 1.82. The second-order valence-electron chi connectivity index (χ2n) is 5.23. The van der Waals surface area contributed by atoms with E-state index in [2.05, 4.69) is 16.8 Å². The third-order valence-electron chi connectivity index (χ3n) is 3.55. The minimum Gasteiger partial charge on any atom is -0.304 e. The molecule has 0 aromatic heterocycles. The molecule has 0 atom stereocenters. The van der Waals surface area contributed by atoms with Gasteiger partial charge in [0.1, 0.15) is 0 Å². The molecule has 0 aliphatic carbocycles. The highest BCUT2D eigenvalue weighted by atomic mass is 33.1. The van der Waals surface area contributed by atoms with Crippen LogP contribution in [-0.2, 0) is 8.87 Å². The number of rotatable bonds is 5. The molecule has 0 radical (unpaired) electrons. The number of likely N-dealkylation sites (N-methyl/N-ethyl adjacent to an activating group) is 1. The van der Waals surface area contributed by atoms with E-state index in [4.69, 9.17) is 0 Å². The lowest BCUT2D eigenvalue weighted by Gasteiger charge is -2.32. The highest BCUT2D eigenvalue weighted by Crippen LogP contribution is 2.23. The average molecular weight is 314 g/mol. The minimum absolute atomic E-state index is 0.409. The van der Waals surface area contributed by atoms with E-state index in [0.29, 0.717) is 10.6 Å². The molecular weight excluding hydrogens is 292 g/mol. The summed E-state index contributed by atoms with van der Waals surface area (Å²) in [5.74, 6) is 0.625.